The average molecular weight is 145 g/mol. The van der Waals surface area contributed by atoms with Crippen molar-refractivity contribution >= 4 is 5.97 Å². The molecule has 3 heteroatoms. The van der Waals surface area contributed by atoms with Gasteiger partial charge in [-0.2, -0.15) is 0 Å². The minimum absolute atomic E-state index is 0.227. The quantitative estimate of drug-likeness (QED) is 0.589. The fourth-order valence-corrected chi connectivity index (χ4v) is 0.769. The van der Waals surface area contributed by atoms with Gasteiger partial charge < -0.3 is 10.1 Å². The normalized spacial score (nSPS) is 11.2. The number of carbonyl (C=O) groups excluding carboxylic acids is 1. The van der Waals surface area contributed by atoms with Crippen LogP contribution in [0.2, 0.25) is 0 Å². The highest BCUT2D eigenvalue weighted by Gasteiger charge is 2.26. The number of likely N-dealkylation sites (N-methyl/N-ethyl adjacent to an activating group) is 1. The average Bonchev–Trinajstić information content (AvgIpc) is 1.86. The number of hydrogen-bond acceptors (Lipinski definition) is 3. The van der Waals surface area contributed by atoms with Gasteiger partial charge in [0.15, 0.2) is 0 Å². The van der Waals surface area contributed by atoms with E-state index in [0.717, 1.165) is 6.54 Å². The molecule has 0 unspecified atom stereocenters. The smallest absolute Gasteiger partial charge is 0.325 e. The highest BCUT2D eigenvalue weighted by Crippen LogP contribution is 2.02. The van der Waals surface area contributed by atoms with Crippen molar-refractivity contribution in [3.05, 3.63) is 0 Å². The van der Waals surface area contributed by atoms with Crippen LogP contribution in [-0.2, 0) is 9.53 Å². The maximum absolute atomic E-state index is 10.9. The van der Waals surface area contributed by atoms with Crippen LogP contribution in [-0.4, -0.2) is 25.2 Å². The topological polar surface area (TPSA) is 38.3 Å². The molecule has 0 rings (SSSR count). The maximum Gasteiger partial charge on any atom is 0.325 e. The molecule has 0 aromatic rings. The monoisotopic (exact) mass is 145 g/mol. The van der Waals surface area contributed by atoms with Gasteiger partial charge in [0.2, 0.25) is 0 Å². The van der Waals surface area contributed by atoms with Crippen LogP contribution in [0.1, 0.15) is 20.8 Å². The molecule has 0 aromatic heterocycles. The van der Waals surface area contributed by atoms with Gasteiger partial charge in [-0.25, -0.2) is 0 Å². The summed E-state index contributed by atoms with van der Waals surface area (Å²) in [6, 6.07) is 0. The Hall–Kier alpha value is -0.570. The molecule has 0 fully saturated rings. The van der Waals surface area contributed by atoms with E-state index < -0.39 is 5.54 Å². The number of esters is 1. The lowest BCUT2D eigenvalue weighted by molar-refractivity contribution is -0.147. The zero-order valence-corrected chi connectivity index (χ0v) is 7.02. The summed E-state index contributed by atoms with van der Waals surface area (Å²) in [5.74, 6) is -0.227. The van der Waals surface area contributed by atoms with E-state index in [1.165, 1.54) is 7.11 Å². The molecule has 0 saturated carbocycles. The van der Waals surface area contributed by atoms with E-state index in [4.69, 9.17) is 0 Å². The predicted molar refractivity (Wildman–Crippen MR) is 39.8 cm³/mol. The predicted octanol–water partition coefficient (Wildman–Crippen LogP) is 0.547. The lowest BCUT2D eigenvalue weighted by Crippen LogP contribution is -2.47. The van der Waals surface area contributed by atoms with Crippen molar-refractivity contribution in [2.45, 2.75) is 26.3 Å². The fraction of sp³-hybridized carbons (Fsp3) is 0.857. The van der Waals surface area contributed by atoms with Gasteiger partial charge in [-0.05, 0) is 20.4 Å². The molecule has 3 nitrogen and oxygen atoms in total. The fourth-order valence-electron chi connectivity index (χ4n) is 0.769. The van der Waals surface area contributed by atoms with Crippen LogP contribution in [0, 0.1) is 0 Å². The van der Waals surface area contributed by atoms with Gasteiger partial charge in [-0.1, -0.05) is 6.92 Å². The molecule has 0 aliphatic carbocycles. The molecular formula is C7H15NO2. The van der Waals surface area contributed by atoms with E-state index in [2.05, 4.69) is 10.1 Å². The molecule has 0 aliphatic heterocycles. The summed E-state index contributed by atoms with van der Waals surface area (Å²) in [7, 11) is 1.39. The van der Waals surface area contributed by atoms with E-state index in [1.54, 1.807) is 13.8 Å². The van der Waals surface area contributed by atoms with Crippen LogP contribution in [0.4, 0.5) is 0 Å². The summed E-state index contributed by atoms with van der Waals surface area (Å²) >= 11 is 0. The lowest BCUT2D eigenvalue weighted by atomic mass is 10.1. The van der Waals surface area contributed by atoms with Crippen molar-refractivity contribution in [1.29, 1.82) is 0 Å². The van der Waals surface area contributed by atoms with Crippen molar-refractivity contribution in [2.24, 2.45) is 0 Å². The summed E-state index contributed by atoms with van der Waals surface area (Å²) < 4.78 is 4.57. The third kappa shape index (κ3) is 2.35. The van der Waals surface area contributed by atoms with Gasteiger partial charge >= 0.3 is 5.97 Å². The summed E-state index contributed by atoms with van der Waals surface area (Å²) in [4.78, 5) is 10.9. The molecular weight excluding hydrogens is 130 g/mol. The van der Waals surface area contributed by atoms with Gasteiger partial charge in [-0.3, -0.25) is 4.79 Å². The number of methoxy groups -OCH3 is 1. The Morgan fingerprint density at radius 2 is 2.10 bits per heavy atom. The van der Waals surface area contributed by atoms with Crippen LogP contribution in [0.3, 0.4) is 0 Å². The van der Waals surface area contributed by atoms with Crippen molar-refractivity contribution < 1.29 is 9.53 Å². The minimum atomic E-state index is -0.552. The first-order valence-electron chi connectivity index (χ1n) is 3.38. The zero-order valence-electron chi connectivity index (χ0n) is 7.02. The standard InChI is InChI=1S/C7H15NO2/c1-5-8-7(2,3)6(9)10-4/h8H,5H2,1-4H3. The maximum atomic E-state index is 10.9. The Kier molecular flexibility index (Phi) is 3.36. The van der Waals surface area contributed by atoms with Gasteiger partial charge in [0.05, 0.1) is 7.11 Å². The zero-order chi connectivity index (χ0) is 8.20. The second-order valence-electron chi connectivity index (χ2n) is 2.65. The lowest BCUT2D eigenvalue weighted by Gasteiger charge is -2.21. The van der Waals surface area contributed by atoms with E-state index in [-0.39, 0.29) is 5.97 Å². The SMILES string of the molecule is CCNC(C)(C)C(=O)OC. The highest BCUT2D eigenvalue weighted by molar-refractivity contribution is 5.79. The Balaban J connectivity index is 3.96. The highest BCUT2D eigenvalue weighted by atomic mass is 16.5. The summed E-state index contributed by atoms with van der Waals surface area (Å²) in [6.45, 7) is 6.30. The minimum Gasteiger partial charge on any atom is -0.468 e. The van der Waals surface area contributed by atoms with E-state index in [1.807, 2.05) is 6.92 Å². The molecule has 0 atom stereocenters. The second-order valence-corrected chi connectivity index (χ2v) is 2.65. The second kappa shape index (κ2) is 3.56. The number of hydrogen-bond donors (Lipinski definition) is 1. The number of nitrogens with one attached hydrogen (secondary N) is 1. The van der Waals surface area contributed by atoms with Crippen LogP contribution >= 0.6 is 0 Å². The Labute approximate surface area is 61.8 Å². The molecule has 0 radical (unpaired) electrons. The Bertz CT molecular complexity index is 121. The molecule has 0 aromatic carbocycles. The summed E-state index contributed by atoms with van der Waals surface area (Å²) in [5.41, 5.74) is -0.552. The van der Waals surface area contributed by atoms with Gasteiger partial charge in [0.1, 0.15) is 5.54 Å². The number of rotatable bonds is 3. The molecule has 0 spiro atoms. The molecule has 60 valence electrons. The summed E-state index contributed by atoms with van der Waals surface area (Å²) in [6.07, 6.45) is 0. The van der Waals surface area contributed by atoms with Crippen molar-refractivity contribution in [2.75, 3.05) is 13.7 Å². The molecule has 0 heterocycles. The van der Waals surface area contributed by atoms with Crippen molar-refractivity contribution in [3.63, 3.8) is 0 Å². The Morgan fingerprint density at radius 3 is 2.40 bits per heavy atom. The molecule has 1 N–H and O–H groups in total. The van der Waals surface area contributed by atoms with Crippen LogP contribution in [0.5, 0.6) is 0 Å². The first-order valence-corrected chi connectivity index (χ1v) is 3.38. The Morgan fingerprint density at radius 1 is 1.60 bits per heavy atom. The van der Waals surface area contributed by atoms with Crippen LogP contribution in [0.25, 0.3) is 0 Å². The third-order valence-corrected chi connectivity index (χ3v) is 1.31. The first kappa shape index (κ1) is 9.43. The molecule has 0 aliphatic rings. The molecule has 0 bridgehead atoms. The van der Waals surface area contributed by atoms with Gasteiger partial charge in [-0.15, -0.1) is 0 Å². The molecule has 0 saturated heterocycles. The van der Waals surface area contributed by atoms with Crippen LogP contribution < -0.4 is 5.32 Å². The number of carbonyl (C=O) groups is 1. The number of ether oxygens (including phenoxy) is 1. The van der Waals surface area contributed by atoms with Crippen molar-refractivity contribution in [1.82, 2.24) is 5.32 Å². The third-order valence-electron chi connectivity index (χ3n) is 1.31. The molecule has 0 amide bonds. The van der Waals surface area contributed by atoms with E-state index in [0.29, 0.717) is 0 Å². The largest absolute Gasteiger partial charge is 0.468 e. The van der Waals surface area contributed by atoms with Crippen LogP contribution in [0.15, 0.2) is 0 Å². The van der Waals surface area contributed by atoms with Gasteiger partial charge in [0, 0.05) is 0 Å². The van der Waals surface area contributed by atoms with E-state index >= 15 is 0 Å². The van der Waals surface area contributed by atoms with Gasteiger partial charge in [0.25, 0.3) is 0 Å². The summed E-state index contributed by atoms with van der Waals surface area (Å²) in [5, 5.41) is 3.00. The first-order chi connectivity index (χ1) is 4.54. The molecule has 10 heavy (non-hydrogen) atoms. The van der Waals surface area contributed by atoms with Crippen molar-refractivity contribution in [3.8, 4) is 0 Å². The van der Waals surface area contributed by atoms with E-state index in [9.17, 15) is 4.79 Å².